The highest BCUT2D eigenvalue weighted by molar-refractivity contribution is 7.12. The van der Waals surface area contributed by atoms with Crippen molar-refractivity contribution in [3.63, 3.8) is 0 Å². The molecule has 146 valence electrons. The molecule has 0 radical (unpaired) electrons. The van der Waals surface area contributed by atoms with Crippen molar-refractivity contribution in [2.75, 3.05) is 27.4 Å². The van der Waals surface area contributed by atoms with Crippen LogP contribution in [0, 0.1) is 11.3 Å². The van der Waals surface area contributed by atoms with Crippen molar-refractivity contribution in [1.82, 2.24) is 5.32 Å². The molecule has 0 bridgehead atoms. The van der Waals surface area contributed by atoms with Crippen molar-refractivity contribution in [2.24, 2.45) is 0 Å². The van der Waals surface area contributed by atoms with Gasteiger partial charge in [0.1, 0.15) is 16.5 Å². The molecule has 0 aliphatic rings. The Morgan fingerprint density at radius 1 is 1.25 bits per heavy atom. The first-order chi connectivity index (χ1) is 13.6. The number of carbonyl (C=O) groups is 2. The zero-order valence-corrected chi connectivity index (χ0v) is 16.4. The van der Waals surface area contributed by atoms with Gasteiger partial charge < -0.3 is 19.5 Å². The quantitative estimate of drug-likeness (QED) is 0.228. The molecule has 0 aliphatic carbocycles. The third kappa shape index (κ3) is 5.94. The molecule has 0 fully saturated rings. The molecule has 0 saturated heterocycles. The van der Waals surface area contributed by atoms with E-state index in [4.69, 9.17) is 14.2 Å². The monoisotopic (exact) mass is 400 g/mol. The predicted octanol–water partition coefficient (Wildman–Crippen LogP) is 3.04. The highest BCUT2D eigenvalue weighted by Gasteiger charge is 2.14. The maximum atomic E-state index is 12.1. The number of benzene rings is 1. The number of ether oxygens (including phenoxy) is 3. The van der Waals surface area contributed by atoms with Crippen LogP contribution in [0.25, 0.3) is 6.08 Å². The Hall–Kier alpha value is -3.15. The van der Waals surface area contributed by atoms with E-state index in [2.05, 4.69) is 5.32 Å². The molecule has 0 unspecified atom stereocenters. The maximum absolute atomic E-state index is 12.1. The van der Waals surface area contributed by atoms with Gasteiger partial charge in [0.15, 0.2) is 11.5 Å². The Morgan fingerprint density at radius 3 is 2.71 bits per heavy atom. The van der Waals surface area contributed by atoms with Crippen molar-refractivity contribution in [2.45, 2.75) is 6.42 Å². The maximum Gasteiger partial charge on any atom is 0.353 e. The van der Waals surface area contributed by atoms with Gasteiger partial charge in [-0.05, 0) is 41.6 Å². The average Bonchev–Trinajstić information content (AvgIpc) is 3.25. The van der Waals surface area contributed by atoms with Crippen LogP contribution in [0.15, 0.2) is 41.3 Å². The Balaban J connectivity index is 2.12. The van der Waals surface area contributed by atoms with Crippen LogP contribution in [0.4, 0.5) is 0 Å². The zero-order valence-electron chi connectivity index (χ0n) is 15.6. The number of nitriles is 1. The molecular formula is C20H20N2O5S. The second kappa shape index (κ2) is 10.9. The van der Waals surface area contributed by atoms with Gasteiger partial charge in [-0.15, -0.1) is 11.3 Å². The van der Waals surface area contributed by atoms with E-state index in [-0.39, 0.29) is 11.3 Å². The fourth-order valence-corrected chi connectivity index (χ4v) is 2.83. The molecule has 0 aliphatic heterocycles. The Labute approximate surface area is 167 Å². The lowest BCUT2D eigenvalue weighted by molar-refractivity contribution is -0.117. The topological polar surface area (TPSA) is 97.6 Å². The molecule has 28 heavy (non-hydrogen) atoms. The standard InChI is InChI=1S/C20H20N2O5S/c1-25-9-4-8-22-19(23)15(13-21)11-14-6-7-16(17(12-14)26-2)27-20(24)18-5-3-10-28-18/h3,5-7,10-12H,4,8-9H2,1-2H3,(H,22,23)/b15-11+. The zero-order chi connectivity index (χ0) is 20.4. The summed E-state index contributed by atoms with van der Waals surface area (Å²) in [6, 6.07) is 10.1. The minimum absolute atomic E-state index is 0.0391. The van der Waals surface area contributed by atoms with Crippen molar-refractivity contribution in [3.8, 4) is 17.6 Å². The number of esters is 1. The van der Waals surface area contributed by atoms with Gasteiger partial charge in [-0.2, -0.15) is 5.26 Å². The summed E-state index contributed by atoms with van der Waals surface area (Å²) in [6.07, 6.45) is 2.10. The van der Waals surface area contributed by atoms with E-state index in [0.29, 0.717) is 35.8 Å². The summed E-state index contributed by atoms with van der Waals surface area (Å²) in [4.78, 5) is 24.7. The highest BCUT2D eigenvalue weighted by Crippen LogP contribution is 2.30. The van der Waals surface area contributed by atoms with Gasteiger partial charge in [-0.1, -0.05) is 12.1 Å². The van der Waals surface area contributed by atoms with E-state index in [9.17, 15) is 14.9 Å². The largest absolute Gasteiger partial charge is 0.493 e. The van der Waals surface area contributed by atoms with Gasteiger partial charge in [0, 0.05) is 20.3 Å². The Morgan fingerprint density at radius 2 is 2.07 bits per heavy atom. The second-order valence-electron chi connectivity index (χ2n) is 5.55. The summed E-state index contributed by atoms with van der Waals surface area (Å²) in [5, 5.41) is 13.7. The van der Waals surface area contributed by atoms with Crippen molar-refractivity contribution < 1.29 is 23.8 Å². The van der Waals surface area contributed by atoms with Crippen LogP contribution in [0.5, 0.6) is 11.5 Å². The molecule has 7 nitrogen and oxygen atoms in total. The molecule has 2 rings (SSSR count). The summed E-state index contributed by atoms with van der Waals surface area (Å²) in [5.74, 6) is -0.382. The molecule has 0 atom stereocenters. The third-order valence-electron chi connectivity index (χ3n) is 3.60. The van der Waals surface area contributed by atoms with Gasteiger partial charge in [0.05, 0.1) is 7.11 Å². The first-order valence-corrected chi connectivity index (χ1v) is 9.29. The van der Waals surface area contributed by atoms with Gasteiger partial charge in [-0.25, -0.2) is 4.79 Å². The van der Waals surface area contributed by atoms with Gasteiger partial charge in [-0.3, -0.25) is 4.79 Å². The Kier molecular flexibility index (Phi) is 8.21. The number of methoxy groups -OCH3 is 2. The molecule has 0 spiro atoms. The summed E-state index contributed by atoms with van der Waals surface area (Å²) in [7, 11) is 3.02. The lowest BCUT2D eigenvalue weighted by Crippen LogP contribution is -2.26. The molecule has 2 aromatic rings. The van der Waals surface area contributed by atoms with Gasteiger partial charge in [0.2, 0.25) is 0 Å². The third-order valence-corrected chi connectivity index (χ3v) is 4.45. The molecule has 1 N–H and O–H groups in total. The lowest BCUT2D eigenvalue weighted by Gasteiger charge is -2.09. The number of thiophene rings is 1. The van der Waals surface area contributed by atoms with Gasteiger partial charge in [0.25, 0.3) is 5.91 Å². The van der Waals surface area contributed by atoms with E-state index < -0.39 is 11.9 Å². The molecule has 1 heterocycles. The first kappa shape index (κ1) is 21.2. The molecule has 1 aromatic heterocycles. The number of hydrogen-bond acceptors (Lipinski definition) is 7. The molecule has 1 amide bonds. The van der Waals surface area contributed by atoms with Crippen LogP contribution in [0.2, 0.25) is 0 Å². The Bertz CT molecular complexity index is 884. The van der Waals surface area contributed by atoms with E-state index >= 15 is 0 Å². The highest BCUT2D eigenvalue weighted by atomic mass is 32.1. The van der Waals surface area contributed by atoms with Crippen LogP contribution in [-0.4, -0.2) is 39.2 Å². The van der Waals surface area contributed by atoms with Crippen LogP contribution in [0.3, 0.4) is 0 Å². The average molecular weight is 400 g/mol. The minimum atomic E-state index is -0.482. The van der Waals surface area contributed by atoms with Crippen molar-refractivity contribution in [1.29, 1.82) is 5.26 Å². The number of nitrogens with zero attached hydrogens (tertiary/aromatic N) is 1. The number of nitrogens with one attached hydrogen (secondary N) is 1. The fraction of sp³-hybridized carbons (Fsp3) is 0.250. The first-order valence-electron chi connectivity index (χ1n) is 8.41. The molecule has 1 aromatic carbocycles. The smallest absolute Gasteiger partial charge is 0.353 e. The normalized spacial score (nSPS) is 10.8. The van der Waals surface area contributed by atoms with Crippen LogP contribution < -0.4 is 14.8 Å². The second-order valence-corrected chi connectivity index (χ2v) is 6.50. The van der Waals surface area contributed by atoms with E-state index in [0.717, 1.165) is 0 Å². The summed E-state index contributed by atoms with van der Waals surface area (Å²) >= 11 is 1.28. The van der Waals surface area contributed by atoms with E-state index in [1.807, 2.05) is 6.07 Å². The number of carbonyl (C=O) groups excluding carboxylic acids is 2. The molecule has 0 saturated carbocycles. The van der Waals surface area contributed by atoms with Crippen molar-refractivity contribution >= 4 is 29.3 Å². The van der Waals surface area contributed by atoms with Gasteiger partial charge >= 0.3 is 5.97 Å². The van der Waals surface area contributed by atoms with Crippen molar-refractivity contribution in [3.05, 3.63) is 51.7 Å². The summed E-state index contributed by atoms with van der Waals surface area (Å²) in [5.41, 5.74) is 0.527. The van der Waals surface area contributed by atoms with E-state index in [1.54, 1.807) is 42.8 Å². The minimum Gasteiger partial charge on any atom is -0.493 e. The van der Waals surface area contributed by atoms with Crippen LogP contribution in [0.1, 0.15) is 21.7 Å². The number of hydrogen-bond donors (Lipinski definition) is 1. The molecular weight excluding hydrogens is 380 g/mol. The van der Waals surface area contributed by atoms with Crippen LogP contribution >= 0.6 is 11.3 Å². The SMILES string of the molecule is COCCCNC(=O)/C(C#N)=C/c1ccc(OC(=O)c2cccs2)c(OC)c1. The lowest BCUT2D eigenvalue weighted by atomic mass is 10.1. The summed E-state index contributed by atoms with van der Waals surface area (Å²) in [6.45, 7) is 0.932. The van der Waals surface area contributed by atoms with Crippen LogP contribution in [-0.2, 0) is 9.53 Å². The fourth-order valence-electron chi connectivity index (χ4n) is 2.23. The summed E-state index contributed by atoms with van der Waals surface area (Å²) < 4.78 is 15.5. The number of amides is 1. The predicted molar refractivity (Wildman–Crippen MR) is 105 cm³/mol. The molecule has 8 heteroatoms. The van der Waals surface area contributed by atoms with E-state index in [1.165, 1.54) is 24.5 Å². The number of rotatable bonds is 9.